The number of methoxy groups -OCH3 is 2. The molecule has 172 valence electrons. The highest BCUT2D eigenvalue weighted by atomic mass is 32.2. The number of amidine groups is 1. The van der Waals surface area contributed by atoms with Crippen LogP contribution in [0, 0.1) is 0 Å². The molecule has 0 radical (unpaired) electrons. The lowest BCUT2D eigenvalue weighted by Crippen LogP contribution is -2.42. The molecule has 1 atom stereocenters. The monoisotopic (exact) mass is 465 g/mol. The molecule has 1 saturated heterocycles. The largest absolute Gasteiger partial charge is 0.496 e. The first-order chi connectivity index (χ1) is 16.1. The smallest absolute Gasteiger partial charge is 0.338 e. The van der Waals surface area contributed by atoms with Gasteiger partial charge in [0.05, 0.1) is 37.1 Å². The number of rotatable bonds is 6. The topological polar surface area (TPSA) is 80.2 Å². The van der Waals surface area contributed by atoms with Crippen LogP contribution in [0.15, 0.2) is 64.8 Å². The molecule has 2 aliphatic rings. The van der Waals surface area contributed by atoms with Gasteiger partial charge in [-0.15, -0.1) is 0 Å². The lowest BCUT2D eigenvalue weighted by molar-refractivity contribution is -0.137. The van der Waals surface area contributed by atoms with Gasteiger partial charge in [0, 0.05) is 18.0 Å². The first-order valence-electron chi connectivity index (χ1n) is 10.9. The summed E-state index contributed by atoms with van der Waals surface area (Å²) in [6.45, 7) is 2.79. The van der Waals surface area contributed by atoms with Crippen molar-refractivity contribution in [1.29, 1.82) is 0 Å². The second kappa shape index (κ2) is 10.1. The Hall–Kier alpha value is -3.26. The van der Waals surface area contributed by atoms with Crippen LogP contribution in [0.5, 0.6) is 5.75 Å². The SMILES string of the molecule is CCC1=C(C(=O)OC)C(c2cccc(NC(=O)c3ccccc3OC)c2)N2CCCSC2=N1. The third kappa shape index (κ3) is 4.61. The number of aliphatic imine (C=N–C) groups is 1. The number of ether oxygens (including phenoxy) is 2. The van der Waals surface area contributed by atoms with Gasteiger partial charge in [-0.1, -0.05) is 43.0 Å². The Morgan fingerprint density at radius 3 is 2.76 bits per heavy atom. The first-order valence-corrected chi connectivity index (χ1v) is 11.9. The van der Waals surface area contributed by atoms with Crippen molar-refractivity contribution in [2.45, 2.75) is 25.8 Å². The van der Waals surface area contributed by atoms with Crippen LogP contribution in [0.2, 0.25) is 0 Å². The van der Waals surface area contributed by atoms with Crippen LogP contribution in [0.25, 0.3) is 0 Å². The van der Waals surface area contributed by atoms with Gasteiger partial charge < -0.3 is 19.7 Å². The number of esters is 1. The van der Waals surface area contributed by atoms with Gasteiger partial charge in [0.1, 0.15) is 5.75 Å². The van der Waals surface area contributed by atoms with Crippen molar-refractivity contribution in [2.24, 2.45) is 4.99 Å². The maximum atomic E-state index is 12.9. The highest BCUT2D eigenvalue weighted by molar-refractivity contribution is 8.13. The molecule has 0 spiro atoms. The van der Waals surface area contributed by atoms with Crippen molar-refractivity contribution in [2.75, 3.05) is 31.8 Å². The fraction of sp³-hybridized carbons (Fsp3) is 0.320. The van der Waals surface area contributed by atoms with Gasteiger partial charge in [-0.2, -0.15) is 0 Å². The number of benzene rings is 2. The second-order valence-corrected chi connectivity index (χ2v) is 8.74. The van der Waals surface area contributed by atoms with Gasteiger partial charge in [0.2, 0.25) is 0 Å². The van der Waals surface area contributed by atoms with E-state index in [0.29, 0.717) is 29.0 Å². The van der Waals surface area contributed by atoms with Crippen molar-refractivity contribution in [3.8, 4) is 5.75 Å². The minimum absolute atomic E-state index is 0.262. The first kappa shape index (κ1) is 22.9. The second-order valence-electron chi connectivity index (χ2n) is 7.68. The van der Waals surface area contributed by atoms with E-state index in [4.69, 9.17) is 14.5 Å². The zero-order valence-electron chi connectivity index (χ0n) is 19.0. The Morgan fingerprint density at radius 2 is 2.00 bits per heavy atom. The standard InChI is InChI=1S/C25H27N3O4S/c1-4-19-21(24(30)32-3)22(28-13-8-14-33-25(28)27-19)16-9-7-10-17(15-16)26-23(29)18-11-5-6-12-20(18)31-2/h5-7,9-12,15,22H,4,8,13-14H2,1-3H3,(H,26,29). The molecule has 7 nitrogen and oxygen atoms in total. The van der Waals surface area contributed by atoms with Crippen LogP contribution in [0.3, 0.4) is 0 Å². The molecule has 0 aliphatic carbocycles. The number of fused-ring (bicyclic) bond motifs is 1. The quantitative estimate of drug-likeness (QED) is 0.627. The number of anilines is 1. The molecule has 0 aromatic heterocycles. The van der Waals surface area contributed by atoms with Crippen LogP contribution in [-0.4, -0.2) is 48.5 Å². The molecule has 1 N–H and O–H groups in total. The van der Waals surface area contributed by atoms with E-state index in [1.165, 1.54) is 14.2 Å². The summed E-state index contributed by atoms with van der Waals surface area (Å²) in [7, 11) is 2.94. The fourth-order valence-corrected chi connectivity index (χ4v) is 5.17. The summed E-state index contributed by atoms with van der Waals surface area (Å²) >= 11 is 1.71. The number of para-hydroxylation sites is 1. The summed E-state index contributed by atoms with van der Waals surface area (Å²) in [6, 6.07) is 14.4. The van der Waals surface area contributed by atoms with E-state index in [2.05, 4.69) is 10.2 Å². The summed E-state index contributed by atoms with van der Waals surface area (Å²) < 4.78 is 10.5. The molecule has 1 amide bonds. The zero-order chi connectivity index (χ0) is 23.4. The molecule has 2 heterocycles. The van der Waals surface area contributed by atoms with Gasteiger partial charge in [-0.05, 0) is 42.7 Å². The Morgan fingerprint density at radius 1 is 1.18 bits per heavy atom. The summed E-state index contributed by atoms with van der Waals surface area (Å²) in [4.78, 5) is 32.7. The van der Waals surface area contributed by atoms with Gasteiger partial charge in [-0.25, -0.2) is 9.79 Å². The van der Waals surface area contributed by atoms with Crippen molar-refractivity contribution in [3.63, 3.8) is 0 Å². The van der Waals surface area contributed by atoms with Crippen molar-refractivity contribution in [3.05, 3.63) is 70.9 Å². The Balaban J connectivity index is 1.71. The number of amides is 1. The van der Waals surface area contributed by atoms with E-state index < -0.39 is 0 Å². The highest BCUT2D eigenvalue weighted by Crippen LogP contribution is 2.41. The number of hydrogen-bond acceptors (Lipinski definition) is 7. The van der Waals surface area contributed by atoms with E-state index in [9.17, 15) is 9.59 Å². The Kier molecular flexibility index (Phi) is 7.03. The third-order valence-electron chi connectivity index (χ3n) is 5.70. The van der Waals surface area contributed by atoms with Crippen LogP contribution < -0.4 is 10.1 Å². The Labute approximate surface area is 197 Å². The van der Waals surface area contributed by atoms with E-state index in [0.717, 1.165) is 35.1 Å². The van der Waals surface area contributed by atoms with Crippen molar-refractivity contribution < 1.29 is 19.1 Å². The highest BCUT2D eigenvalue weighted by Gasteiger charge is 2.38. The number of nitrogens with zero attached hydrogens (tertiary/aromatic N) is 2. The number of allylic oxidation sites excluding steroid dienone is 1. The maximum Gasteiger partial charge on any atom is 0.338 e. The third-order valence-corrected chi connectivity index (χ3v) is 6.78. The fourth-order valence-electron chi connectivity index (χ4n) is 4.17. The number of carbonyl (C=O) groups is 2. The van der Waals surface area contributed by atoms with Crippen LogP contribution in [0.1, 0.15) is 41.7 Å². The number of carbonyl (C=O) groups excluding carboxylic acids is 2. The lowest BCUT2D eigenvalue weighted by Gasteiger charge is -2.40. The molecule has 8 heteroatoms. The molecule has 2 aromatic carbocycles. The predicted molar refractivity (Wildman–Crippen MR) is 131 cm³/mol. The molecule has 0 saturated carbocycles. The summed E-state index contributed by atoms with van der Waals surface area (Å²) in [5.74, 6) is 0.871. The van der Waals surface area contributed by atoms with Crippen molar-refractivity contribution in [1.82, 2.24) is 4.90 Å². The Bertz CT molecular complexity index is 1130. The van der Waals surface area contributed by atoms with Crippen LogP contribution in [0.4, 0.5) is 5.69 Å². The van der Waals surface area contributed by atoms with E-state index >= 15 is 0 Å². The average molecular weight is 466 g/mol. The van der Waals surface area contributed by atoms with Crippen LogP contribution >= 0.6 is 11.8 Å². The summed E-state index contributed by atoms with van der Waals surface area (Å²) in [5.41, 5.74) is 3.29. The number of hydrogen-bond donors (Lipinski definition) is 1. The van der Waals surface area contributed by atoms with Crippen LogP contribution in [-0.2, 0) is 9.53 Å². The molecule has 4 rings (SSSR count). The predicted octanol–water partition coefficient (Wildman–Crippen LogP) is 4.63. The minimum atomic E-state index is -0.376. The maximum absolute atomic E-state index is 12.9. The molecule has 0 bridgehead atoms. The molecule has 33 heavy (non-hydrogen) atoms. The van der Waals surface area contributed by atoms with E-state index in [-0.39, 0.29) is 17.9 Å². The van der Waals surface area contributed by atoms with Gasteiger partial charge in [0.15, 0.2) is 5.17 Å². The van der Waals surface area contributed by atoms with E-state index in [1.54, 1.807) is 30.0 Å². The van der Waals surface area contributed by atoms with Gasteiger partial charge in [0.25, 0.3) is 5.91 Å². The molecule has 1 unspecified atom stereocenters. The lowest BCUT2D eigenvalue weighted by atomic mass is 9.93. The minimum Gasteiger partial charge on any atom is -0.496 e. The van der Waals surface area contributed by atoms with Gasteiger partial charge in [-0.3, -0.25) is 4.79 Å². The number of thioether (sulfide) groups is 1. The average Bonchev–Trinajstić information content (AvgIpc) is 2.87. The summed E-state index contributed by atoms with van der Waals surface area (Å²) in [6.07, 6.45) is 1.63. The number of nitrogens with one attached hydrogen (secondary N) is 1. The zero-order valence-corrected chi connectivity index (χ0v) is 19.8. The summed E-state index contributed by atoms with van der Waals surface area (Å²) in [5, 5.41) is 3.89. The normalized spacial score (nSPS) is 17.7. The van der Waals surface area contributed by atoms with Crippen molar-refractivity contribution >= 4 is 34.5 Å². The molecular weight excluding hydrogens is 438 g/mol. The molecule has 2 aromatic rings. The van der Waals surface area contributed by atoms with E-state index in [1.807, 2.05) is 37.3 Å². The molecular formula is C25H27N3O4S. The molecule has 1 fully saturated rings. The van der Waals surface area contributed by atoms with Gasteiger partial charge >= 0.3 is 5.97 Å². The molecule has 2 aliphatic heterocycles.